The second-order valence-electron chi connectivity index (χ2n) is 8.04. The Morgan fingerprint density at radius 1 is 1.12 bits per heavy atom. The second-order valence-corrected chi connectivity index (χ2v) is 9.10. The van der Waals surface area contributed by atoms with Crippen molar-refractivity contribution in [2.45, 2.75) is 37.9 Å². The first kappa shape index (κ1) is 23.3. The fraction of sp³-hybridized carbons (Fsp3) is 0.400. The normalized spacial score (nSPS) is 14.8. The van der Waals surface area contributed by atoms with Gasteiger partial charge in [0.1, 0.15) is 0 Å². The summed E-state index contributed by atoms with van der Waals surface area (Å²) in [7, 11) is 0. The lowest BCUT2D eigenvalue weighted by molar-refractivity contribution is -0.121. The molecule has 1 aliphatic heterocycles. The average molecular weight is 466 g/mol. The molecule has 174 valence electrons. The van der Waals surface area contributed by atoms with E-state index in [0.29, 0.717) is 25.4 Å². The van der Waals surface area contributed by atoms with Crippen molar-refractivity contribution in [2.75, 3.05) is 37.0 Å². The van der Waals surface area contributed by atoms with Crippen LogP contribution in [0.1, 0.15) is 37.4 Å². The smallest absolute Gasteiger partial charge is 0.232 e. The van der Waals surface area contributed by atoms with Crippen molar-refractivity contribution >= 4 is 23.6 Å². The second kappa shape index (κ2) is 11.3. The summed E-state index contributed by atoms with van der Waals surface area (Å²) in [6.07, 6.45) is 1.38. The van der Waals surface area contributed by atoms with E-state index < -0.39 is 0 Å². The summed E-state index contributed by atoms with van der Waals surface area (Å²) in [4.78, 5) is 14.7. The van der Waals surface area contributed by atoms with E-state index in [4.69, 9.17) is 4.74 Å². The SMILES string of the molecule is CCc1cccc(-n2c(SCCC(=O)N[C@@H](C)c3ccccc3)nnc2N2CCOCC2)c1. The van der Waals surface area contributed by atoms with E-state index in [9.17, 15) is 4.79 Å². The highest BCUT2D eigenvalue weighted by molar-refractivity contribution is 7.99. The van der Waals surface area contributed by atoms with E-state index in [0.717, 1.165) is 41.9 Å². The zero-order valence-corrected chi connectivity index (χ0v) is 20.1. The lowest BCUT2D eigenvalue weighted by Crippen LogP contribution is -2.37. The van der Waals surface area contributed by atoms with E-state index in [1.807, 2.05) is 37.3 Å². The quantitative estimate of drug-likeness (QED) is 0.481. The molecule has 8 heteroatoms. The molecule has 0 bridgehead atoms. The van der Waals surface area contributed by atoms with Crippen LogP contribution in [0.25, 0.3) is 5.69 Å². The molecule has 1 atom stereocenters. The summed E-state index contributed by atoms with van der Waals surface area (Å²) in [6, 6.07) is 18.5. The molecule has 4 rings (SSSR count). The molecule has 33 heavy (non-hydrogen) atoms. The van der Waals surface area contributed by atoms with Gasteiger partial charge in [-0.3, -0.25) is 9.36 Å². The Kier molecular flexibility index (Phi) is 8.01. The van der Waals surface area contributed by atoms with Crippen LogP contribution in [-0.4, -0.2) is 52.7 Å². The lowest BCUT2D eigenvalue weighted by Gasteiger charge is -2.28. The summed E-state index contributed by atoms with van der Waals surface area (Å²) < 4.78 is 7.63. The lowest BCUT2D eigenvalue weighted by atomic mass is 10.1. The summed E-state index contributed by atoms with van der Waals surface area (Å²) in [6.45, 7) is 7.10. The molecule has 1 N–H and O–H groups in total. The number of thioether (sulfide) groups is 1. The number of carbonyl (C=O) groups excluding carboxylic acids is 1. The Balaban J connectivity index is 1.45. The van der Waals surface area contributed by atoms with Crippen molar-refractivity contribution < 1.29 is 9.53 Å². The molecular formula is C25H31N5O2S. The molecule has 0 unspecified atom stereocenters. The largest absolute Gasteiger partial charge is 0.378 e. The van der Waals surface area contributed by atoms with Crippen molar-refractivity contribution in [3.05, 3.63) is 65.7 Å². The topological polar surface area (TPSA) is 72.3 Å². The van der Waals surface area contributed by atoms with E-state index in [1.54, 1.807) is 11.8 Å². The number of hydrogen-bond acceptors (Lipinski definition) is 6. The minimum atomic E-state index is -0.0166. The van der Waals surface area contributed by atoms with Crippen LogP contribution in [0.4, 0.5) is 5.95 Å². The Morgan fingerprint density at radius 3 is 2.67 bits per heavy atom. The van der Waals surface area contributed by atoms with Crippen LogP contribution in [0.15, 0.2) is 59.8 Å². The number of rotatable bonds is 9. The summed E-state index contributed by atoms with van der Waals surface area (Å²) >= 11 is 1.56. The number of aromatic nitrogens is 3. The molecule has 1 saturated heterocycles. The van der Waals surface area contributed by atoms with E-state index in [1.165, 1.54) is 5.56 Å². The fourth-order valence-corrected chi connectivity index (χ4v) is 4.72. The van der Waals surface area contributed by atoms with Crippen molar-refractivity contribution in [1.29, 1.82) is 0 Å². The maximum atomic E-state index is 12.5. The number of benzene rings is 2. The van der Waals surface area contributed by atoms with Crippen LogP contribution in [0.2, 0.25) is 0 Å². The first-order chi connectivity index (χ1) is 16.2. The molecular weight excluding hydrogens is 434 g/mol. The van der Waals surface area contributed by atoms with Crippen molar-refractivity contribution in [1.82, 2.24) is 20.1 Å². The monoisotopic (exact) mass is 465 g/mol. The van der Waals surface area contributed by atoms with Crippen LogP contribution < -0.4 is 10.2 Å². The van der Waals surface area contributed by atoms with Crippen LogP contribution in [-0.2, 0) is 16.0 Å². The first-order valence-electron chi connectivity index (χ1n) is 11.5. The Hall–Kier alpha value is -2.84. The first-order valence-corrected chi connectivity index (χ1v) is 12.5. The molecule has 2 aromatic carbocycles. The van der Waals surface area contributed by atoms with Crippen molar-refractivity contribution in [3.8, 4) is 5.69 Å². The van der Waals surface area contributed by atoms with Gasteiger partial charge >= 0.3 is 0 Å². The van der Waals surface area contributed by atoms with Crippen molar-refractivity contribution in [3.63, 3.8) is 0 Å². The molecule has 1 fully saturated rings. The third-order valence-corrected chi connectivity index (χ3v) is 6.66. The van der Waals surface area contributed by atoms with Crippen LogP contribution in [0.5, 0.6) is 0 Å². The number of aryl methyl sites for hydroxylation is 1. The highest BCUT2D eigenvalue weighted by Gasteiger charge is 2.22. The predicted molar refractivity (Wildman–Crippen MR) is 132 cm³/mol. The third-order valence-electron chi connectivity index (χ3n) is 5.72. The molecule has 1 amide bonds. The van der Waals surface area contributed by atoms with E-state index in [2.05, 4.69) is 56.2 Å². The fourth-order valence-electron chi connectivity index (χ4n) is 3.84. The highest BCUT2D eigenvalue weighted by atomic mass is 32.2. The average Bonchev–Trinajstić information content (AvgIpc) is 3.29. The molecule has 3 aromatic rings. The molecule has 0 spiro atoms. The van der Waals surface area contributed by atoms with Gasteiger partial charge in [0.25, 0.3) is 0 Å². The van der Waals surface area contributed by atoms with Crippen molar-refractivity contribution in [2.24, 2.45) is 0 Å². The molecule has 0 saturated carbocycles. The van der Waals surface area contributed by atoms with Gasteiger partial charge in [-0.05, 0) is 36.6 Å². The number of nitrogens with zero attached hydrogens (tertiary/aromatic N) is 4. The zero-order chi connectivity index (χ0) is 23.0. The molecule has 7 nitrogen and oxygen atoms in total. The predicted octanol–water partition coefficient (Wildman–Crippen LogP) is 4.03. The number of anilines is 1. The zero-order valence-electron chi connectivity index (χ0n) is 19.2. The van der Waals surface area contributed by atoms with Gasteiger partial charge in [0.15, 0.2) is 5.16 Å². The number of ether oxygens (including phenoxy) is 1. The van der Waals surface area contributed by atoms with E-state index >= 15 is 0 Å². The maximum absolute atomic E-state index is 12.5. The molecule has 0 radical (unpaired) electrons. The van der Waals surface area contributed by atoms with Gasteiger partial charge in [0, 0.05) is 25.3 Å². The van der Waals surface area contributed by atoms with Gasteiger partial charge in [0.05, 0.1) is 24.9 Å². The molecule has 1 aliphatic rings. The summed E-state index contributed by atoms with van der Waals surface area (Å²) in [5, 5.41) is 12.9. The Bertz CT molecular complexity index is 1050. The van der Waals surface area contributed by atoms with Gasteiger partial charge < -0.3 is 15.0 Å². The number of hydrogen-bond donors (Lipinski definition) is 1. The summed E-state index contributed by atoms with van der Waals surface area (Å²) in [5.74, 6) is 1.49. The third kappa shape index (κ3) is 5.94. The number of amides is 1. The van der Waals surface area contributed by atoms with Gasteiger partial charge in [-0.1, -0.05) is 61.2 Å². The molecule has 1 aromatic heterocycles. The number of carbonyl (C=O) groups is 1. The van der Waals surface area contributed by atoms with Gasteiger partial charge in [-0.15, -0.1) is 10.2 Å². The minimum absolute atomic E-state index is 0.0166. The van der Waals surface area contributed by atoms with Gasteiger partial charge in [0.2, 0.25) is 11.9 Å². The van der Waals surface area contributed by atoms with Crippen LogP contribution >= 0.6 is 11.8 Å². The van der Waals surface area contributed by atoms with Gasteiger partial charge in [-0.2, -0.15) is 0 Å². The standard InChI is InChI=1S/C25H31N5O2S/c1-3-20-8-7-11-22(18-20)30-24(29-13-15-32-16-14-29)27-28-25(30)33-17-12-23(31)26-19(2)21-9-5-4-6-10-21/h4-11,18-19H,3,12-17H2,1-2H3,(H,26,31)/t19-/m0/s1. The Morgan fingerprint density at radius 2 is 1.91 bits per heavy atom. The maximum Gasteiger partial charge on any atom is 0.232 e. The number of morpholine rings is 1. The molecule has 2 heterocycles. The number of nitrogens with one attached hydrogen (secondary N) is 1. The van der Waals surface area contributed by atoms with Crippen LogP contribution in [0.3, 0.4) is 0 Å². The minimum Gasteiger partial charge on any atom is -0.378 e. The Labute approximate surface area is 199 Å². The summed E-state index contributed by atoms with van der Waals surface area (Å²) in [5.41, 5.74) is 3.41. The van der Waals surface area contributed by atoms with Crippen LogP contribution in [0, 0.1) is 0 Å². The van der Waals surface area contributed by atoms with E-state index in [-0.39, 0.29) is 11.9 Å². The highest BCUT2D eigenvalue weighted by Crippen LogP contribution is 2.28. The van der Waals surface area contributed by atoms with Gasteiger partial charge in [-0.25, -0.2) is 0 Å². The molecule has 0 aliphatic carbocycles.